The Kier molecular flexibility index (Phi) is 7.59. The molecule has 5 rings (SSSR count). The summed E-state index contributed by atoms with van der Waals surface area (Å²) < 4.78 is 53.6. The van der Waals surface area contributed by atoms with Crippen LogP contribution in [0.1, 0.15) is 57.4 Å². The van der Waals surface area contributed by atoms with Gasteiger partial charge >= 0.3 is 12.3 Å². The van der Waals surface area contributed by atoms with E-state index in [1.165, 1.54) is 4.57 Å². The molecule has 3 aromatic rings. The van der Waals surface area contributed by atoms with E-state index in [1.54, 1.807) is 25.7 Å². The van der Waals surface area contributed by atoms with Gasteiger partial charge in [0, 0.05) is 19.0 Å². The number of carbonyl (C=O) groups excluding carboxylic acids is 2. The Labute approximate surface area is 251 Å². The average molecular weight is 676 g/mol. The standard InChI is InChI=1S/C26H27BrClF3N6O5/c1-13-10-25(7-8-35(13)23(40)42-24(2,3)4)19-17(12-41-25)36(22-33-21(27)34-37(22)20(19)39)11-18(38)32-16-6-5-14(9-15(16)28)26(29,30)31/h5-6,9,13H,7-8,10-12H2,1-4H3,(H,32,38)/t13-,25+/m1/s1. The maximum atomic E-state index is 13.7. The number of piperidine rings is 1. The Morgan fingerprint density at radius 2 is 2.00 bits per heavy atom. The summed E-state index contributed by atoms with van der Waals surface area (Å²) in [6, 6.07) is 2.27. The fourth-order valence-electron chi connectivity index (χ4n) is 5.42. The number of nitrogens with one attached hydrogen (secondary N) is 1. The normalized spacial score (nSPS) is 20.7. The fourth-order valence-corrected chi connectivity index (χ4v) is 5.96. The number of rotatable bonds is 3. The number of aromatic nitrogens is 4. The summed E-state index contributed by atoms with van der Waals surface area (Å²) in [5, 5.41) is 6.40. The summed E-state index contributed by atoms with van der Waals surface area (Å²) in [5.74, 6) is -0.559. The van der Waals surface area contributed by atoms with E-state index < -0.39 is 40.5 Å². The summed E-state index contributed by atoms with van der Waals surface area (Å²) in [7, 11) is 0. The van der Waals surface area contributed by atoms with Crippen molar-refractivity contribution in [2.75, 3.05) is 11.9 Å². The van der Waals surface area contributed by atoms with Crippen LogP contribution >= 0.6 is 27.5 Å². The highest BCUT2D eigenvalue weighted by Crippen LogP contribution is 2.45. The van der Waals surface area contributed by atoms with Crippen LogP contribution < -0.4 is 10.9 Å². The highest BCUT2D eigenvalue weighted by atomic mass is 79.9. The SMILES string of the molecule is C[C@@H]1C[C@]2(CCN1C(=O)OC(C)(C)C)OCc1c2c(=O)n2nc(Br)nc2n1CC(=O)Nc1ccc(C(F)(F)F)cc1Cl. The van der Waals surface area contributed by atoms with Crippen LogP contribution in [0.4, 0.5) is 23.7 Å². The molecule has 2 atom stereocenters. The van der Waals surface area contributed by atoms with Crippen molar-refractivity contribution >= 4 is 51.0 Å². The lowest BCUT2D eigenvalue weighted by atomic mass is 9.82. The second kappa shape index (κ2) is 10.5. The molecule has 1 saturated heterocycles. The molecule has 2 aliphatic rings. The first-order valence-electron chi connectivity index (χ1n) is 13.0. The first-order valence-corrected chi connectivity index (χ1v) is 14.1. The zero-order chi connectivity index (χ0) is 30.8. The molecule has 16 heteroatoms. The Balaban J connectivity index is 1.47. The first kappa shape index (κ1) is 30.3. The van der Waals surface area contributed by atoms with Crippen LogP contribution in [-0.2, 0) is 39.2 Å². The molecule has 2 aliphatic heterocycles. The maximum absolute atomic E-state index is 13.7. The summed E-state index contributed by atoms with van der Waals surface area (Å²) in [4.78, 5) is 45.5. The van der Waals surface area contributed by atoms with Gasteiger partial charge in [-0.3, -0.25) is 9.59 Å². The topological polar surface area (TPSA) is 120 Å². The van der Waals surface area contributed by atoms with E-state index in [9.17, 15) is 27.6 Å². The molecule has 0 aliphatic carbocycles. The van der Waals surface area contributed by atoms with E-state index in [-0.39, 0.29) is 47.0 Å². The minimum atomic E-state index is -4.59. The minimum Gasteiger partial charge on any atom is -0.444 e. The van der Waals surface area contributed by atoms with Gasteiger partial charge in [0.1, 0.15) is 17.7 Å². The number of fused-ring (bicyclic) bond motifs is 3. The van der Waals surface area contributed by atoms with Gasteiger partial charge in [0.15, 0.2) is 0 Å². The van der Waals surface area contributed by atoms with Crippen molar-refractivity contribution in [1.82, 2.24) is 24.1 Å². The number of benzene rings is 1. The molecule has 4 heterocycles. The average Bonchev–Trinajstić information content (AvgIpc) is 3.42. The van der Waals surface area contributed by atoms with E-state index in [0.29, 0.717) is 24.1 Å². The van der Waals surface area contributed by atoms with Crippen LogP contribution in [0, 0.1) is 0 Å². The van der Waals surface area contributed by atoms with Gasteiger partial charge in [-0.05, 0) is 68.2 Å². The Bertz CT molecular complexity index is 1650. The van der Waals surface area contributed by atoms with Gasteiger partial charge in [-0.1, -0.05) is 11.6 Å². The third-order valence-electron chi connectivity index (χ3n) is 7.18. The molecule has 11 nitrogen and oxygen atoms in total. The predicted octanol–water partition coefficient (Wildman–Crippen LogP) is 5.11. The third kappa shape index (κ3) is 5.61. The molecule has 42 heavy (non-hydrogen) atoms. The zero-order valence-electron chi connectivity index (χ0n) is 23.0. The number of nitrogens with zero attached hydrogens (tertiary/aromatic N) is 5. The van der Waals surface area contributed by atoms with Crippen molar-refractivity contribution in [1.29, 1.82) is 0 Å². The number of alkyl halides is 3. The Morgan fingerprint density at radius 1 is 1.29 bits per heavy atom. The van der Waals surface area contributed by atoms with Crippen LogP contribution in [0.2, 0.25) is 5.02 Å². The molecule has 2 aromatic heterocycles. The molecule has 226 valence electrons. The van der Waals surface area contributed by atoms with Crippen molar-refractivity contribution in [2.24, 2.45) is 0 Å². The quantitative estimate of drug-likeness (QED) is 0.410. The van der Waals surface area contributed by atoms with E-state index in [4.69, 9.17) is 21.1 Å². The number of amides is 2. The molecule has 1 fully saturated rings. The number of anilines is 1. The smallest absolute Gasteiger partial charge is 0.416 e. The van der Waals surface area contributed by atoms with Crippen molar-refractivity contribution in [2.45, 2.75) is 77.1 Å². The van der Waals surface area contributed by atoms with Crippen molar-refractivity contribution in [3.05, 3.63) is 55.1 Å². The molecule has 0 saturated carbocycles. The third-order valence-corrected chi connectivity index (χ3v) is 7.83. The molecule has 1 N–H and O–H groups in total. The largest absolute Gasteiger partial charge is 0.444 e. The van der Waals surface area contributed by atoms with Gasteiger partial charge in [-0.25, -0.2) is 4.79 Å². The second-order valence-electron chi connectivity index (χ2n) is 11.3. The van der Waals surface area contributed by atoms with E-state index in [0.717, 1.165) is 22.7 Å². The van der Waals surface area contributed by atoms with Crippen LogP contribution in [0.3, 0.4) is 0 Å². The van der Waals surface area contributed by atoms with E-state index >= 15 is 0 Å². The van der Waals surface area contributed by atoms with Crippen molar-refractivity contribution in [3.8, 4) is 0 Å². The lowest BCUT2D eigenvalue weighted by molar-refractivity contribution is -0.137. The highest BCUT2D eigenvalue weighted by Gasteiger charge is 2.50. The number of hydrogen-bond donors (Lipinski definition) is 1. The molecular formula is C26H27BrClF3N6O5. The highest BCUT2D eigenvalue weighted by molar-refractivity contribution is 9.10. The summed E-state index contributed by atoms with van der Waals surface area (Å²) in [6.07, 6.45) is -4.46. The summed E-state index contributed by atoms with van der Waals surface area (Å²) in [6.45, 7) is 7.07. The Morgan fingerprint density at radius 3 is 2.62 bits per heavy atom. The second-order valence-corrected chi connectivity index (χ2v) is 12.4. The van der Waals surface area contributed by atoms with Gasteiger partial charge in [0.25, 0.3) is 5.56 Å². The molecular weight excluding hydrogens is 649 g/mol. The summed E-state index contributed by atoms with van der Waals surface area (Å²) >= 11 is 9.21. The fraction of sp³-hybridized carbons (Fsp3) is 0.500. The number of likely N-dealkylation sites (tertiary alicyclic amines) is 1. The van der Waals surface area contributed by atoms with Crippen molar-refractivity contribution in [3.63, 3.8) is 0 Å². The maximum Gasteiger partial charge on any atom is 0.416 e. The predicted molar refractivity (Wildman–Crippen MR) is 148 cm³/mol. The minimum absolute atomic E-state index is 0.0120. The van der Waals surface area contributed by atoms with Crippen LogP contribution in [0.15, 0.2) is 27.7 Å². The van der Waals surface area contributed by atoms with Crippen molar-refractivity contribution < 1.29 is 32.2 Å². The zero-order valence-corrected chi connectivity index (χ0v) is 25.4. The van der Waals surface area contributed by atoms with Gasteiger partial charge in [-0.15, -0.1) is 5.10 Å². The van der Waals surface area contributed by atoms with Crippen LogP contribution in [0.25, 0.3) is 5.78 Å². The summed E-state index contributed by atoms with van der Waals surface area (Å²) in [5.41, 5.74) is -2.42. The molecule has 0 unspecified atom stereocenters. The molecule has 2 amide bonds. The molecule has 1 aromatic carbocycles. The number of halogens is 5. The van der Waals surface area contributed by atoms with Crippen LogP contribution in [0.5, 0.6) is 0 Å². The first-order chi connectivity index (χ1) is 19.5. The van der Waals surface area contributed by atoms with Gasteiger partial charge in [-0.2, -0.15) is 22.7 Å². The number of carbonyl (C=O) groups is 2. The van der Waals surface area contributed by atoms with E-state index in [1.807, 2.05) is 6.92 Å². The molecule has 1 spiro atoms. The number of ether oxygens (including phenoxy) is 2. The molecule has 0 radical (unpaired) electrons. The lowest BCUT2D eigenvalue weighted by Gasteiger charge is -2.43. The van der Waals surface area contributed by atoms with Gasteiger partial charge in [0.2, 0.25) is 16.4 Å². The van der Waals surface area contributed by atoms with Crippen LogP contribution in [-0.4, -0.2) is 54.3 Å². The Hall–Kier alpha value is -3.17. The number of hydrogen-bond acceptors (Lipinski definition) is 7. The van der Waals surface area contributed by atoms with Gasteiger partial charge in [0.05, 0.1) is 34.1 Å². The lowest BCUT2D eigenvalue weighted by Crippen LogP contribution is -2.52. The van der Waals surface area contributed by atoms with E-state index in [2.05, 4.69) is 31.3 Å². The van der Waals surface area contributed by atoms with Gasteiger partial charge < -0.3 is 24.3 Å². The molecule has 0 bridgehead atoms. The monoisotopic (exact) mass is 674 g/mol.